The van der Waals surface area contributed by atoms with Crippen LogP contribution in [0.3, 0.4) is 0 Å². The number of nitrogens with two attached hydrogens (primary N) is 1. The van der Waals surface area contributed by atoms with E-state index in [0.29, 0.717) is 18.1 Å². The van der Waals surface area contributed by atoms with E-state index < -0.39 is 10.8 Å². The zero-order chi connectivity index (χ0) is 11.4. The van der Waals surface area contributed by atoms with Crippen LogP contribution in [0, 0.1) is 20.8 Å². The molecule has 0 aromatic heterocycles. The number of benzene rings is 1. The van der Waals surface area contributed by atoms with Crippen LogP contribution in [0.4, 0.5) is 0 Å². The number of hydrogen-bond acceptors (Lipinski definition) is 2. The summed E-state index contributed by atoms with van der Waals surface area (Å²) in [5, 5.41) is 0. The lowest BCUT2D eigenvalue weighted by Crippen LogP contribution is -2.12. The van der Waals surface area contributed by atoms with Crippen LogP contribution in [-0.2, 0) is 16.6 Å². The molecule has 0 aliphatic heterocycles. The molecule has 0 heterocycles. The molecule has 0 saturated heterocycles. The van der Waals surface area contributed by atoms with E-state index in [2.05, 4.69) is 32.9 Å². The van der Waals surface area contributed by atoms with Gasteiger partial charge in [-0.15, -0.1) is 0 Å². The molecule has 0 aliphatic rings. The lowest BCUT2D eigenvalue weighted by atomic mass is 10.0. The number of rotatable bonds is 4. The van der Waals surface area contributed by atoms with Crippen LogP contribution in [0.5, 0.6) is 0 Å². The van der Waals surface area contributed by atoms with E-state index in [-0.39, 0.29) is 0 Å². The highest BCUT2D eigenvalue weighted by Gasteiger charge is 2.07. The summed E-state index contributed by atoms with van der Waals surface area (Å²) in [6.07, 6.45) is 0. The van der Waals surface area contributed by atoms with E-state index in [1.807, 2.05) is 0 Å². The van der Waals surface area contributed by atoms with Crippen molar-refractivity contribution >= 4 is 10.8 Å². The SMILES string of the molecule is Cc1cc(C)c(CS(=O)CCN)c(C)c1. The molecule has 1 atom stereocenters. The molecule has 1 aromatic rings. The predicted octanol–water partition coefficient (Wildman–Crippen LogP) is 1.82. The van der Waals surface area contributed by atoms with Gasteiger partial charge in [0.05, 0.1) is 0 Å². The van der Waals surface area contributed by atoms with Crippen molar-refractivity contribution in [2.75, 3.05) is 12.3 Å². The Hall–Kier alpha value is -0.670. The van der Waals surface area contributed by atoms with Crippen LogP contribution in [0.15, 0.2) is 12.1 Å². The fraction of sp³-hybridized carbons (Fsp3) is 0.500. The second-order valence-corrected chi connectivity index (χ2v) is 5.53. The lowest BCUT2D eigenvalue weighted by Gasteiger charge is -2.10. The molecule has 0 amide bonds. The van der Waals surface area contributed by atoms with Gasteiger partial charge in [0.25, 0.3) is 0 Å². The van der Waals surface area contributed by atoms with Gasteiger partial charge in [-0.25, -0.2) is 0 Å². The standard InChI is InChI=1S/C12H19NOS/c1-9-6-10(2)12(11(3)7-9)8-15(14)5-4-13/h6-7H,4-5,8,13H2,1-3H3. The Balaban J connectivity index is 2.90. The van der Waals surface area contributed by atoms with Crippen molar-refractivity contribution in [1.82, 2.24) is 0 Å². The van der Waals surface area contributed by atoms with E-state index in [1.165, 1.54) is 22.3 Å². The molecule has 3 heteroatoms. The number of hydrogen-bond donors (Lipinski definition) is 1. The van der Waals surface area contributed by atoms with E-state index in [4.69, 9.17) is 5.73 Å². The molecule has 0 bridgehead atoms. The molecule has 1 unspecified atom stereocenters. The highest BCUT2D eigenvalue weighted by Crippen LogP contribution is 2.17. The maximum absolute atomic E-state index is 11.6. The van der Waals surface area contributed by atoms with Gasteiger partial charge in [0.2, 0.25) is 0 Å². The zero-order valence-electron chi connectivity index (χ0n) is 9.67. The molecule has 0 fully saturated rings. The van der Waals surface area contributed by atoms with Crippen molar-refractivity contribution in [3.8, 4) is 0 Å². The van der Waals surface area contributed by atoms with E-state index in [0.717, 1.165) is 0 Å². The van der Waals surface area contributed by atoms with Crippen LogP contribution in [0.2, 0.25) is 0 Å². The predicted molar refractivity (Wildman–Crippen MR) is 66.4 cm³/mol. The summed E-state index contributed by atoms with van der Waals surface area (Å²) in [5.41, 5.74) is 10.3. The first-order chi connectivity index (χ1) is 7.04. The van der Waals surface area contributed by atoms with Gasteiger partial charge in [0, 0.05) is 28.9 Å². The normalized spacial score (nSPS) is 12.8. The first-order valence-electron chi connectivity index (χ1n) is 5.16. The third-order valence-corrected chi connectivity index (χ3v) is 3.79. The highest BCUT2D eigenvalue weighted by atomic mass is 32.2. The van der Waals surface area contributed by atoms with Crippen LogP contribution in [0.25, 0.3) is 0 Å². The fourth-order valence-corrected chi connectivity index (χ4v) is 2.99. The third kappa shape index (κ3) is 3.43. The smallest absolute Gasteiger partial charge is 0.0491 e. The van der Waals surface area contributed by atoms with Gasteiger partial charge in [0.15, 0.2) is 0 Å². The summed E-state index contributed by atoms with van der Waals surface area (Å²) in [6.45, 7) is 6.74. The van der Waals surface area contributed by atoms with E-state index in [9.17, 15) is 4.21 Å². The molecule has 0 radical (unpaired) electrons. The largest absolute Gasteiger partial charge is 0.330 e. The second kappa shape index (κ2) is 5.42. The van der Waals surface area contributed by atoms with Gasteiger partial charge in [-0.3, -0.25) is 4.21 Å². The maximum Gasteiger partial charge on any atom is 0.0491 e. The summed E-state index contributed by atoms with van der Waals surface area (Å²) in [4.78, 5) is 0. The van der Waals surface area contributed by atoms with Crippen LogP contribution < -0.4 is 5.73 Å². The summed E-state index contributed by atoms with van der Waals surface area (Å²) in [6, 6.07) is 4.28. The third-order valence-electron chi connectivity index (χ3n) is 2.49. The summed E-state index contributed by atoms with van der Waals surface area (Å²) < 4.78 is 11.6. The van der Waals surface area contributed by atoms with Crippen molar-refractivity contribution in [3.63, 3.8) is 0 Å². The molecular weight excluding hydrogens is 206 g/mol. The molecule has 15 heavy (non-hydrogen) atoms. The lowest BCUT2D eigenvalue weighted by molar-refractivity contribution is 0.682. The van der Waals surface area contributed by atoms with Gasteiger partial charge in [-0.2, -0.15) is 0 Å². The Morgan fingerprint density at radius 3 is 2.20 bits per heavy atom. The van der Waals surface area contributed by atoms with Gasteiger partial charge in [-0.05, 0) is 37.5 Å². The van der Waals surface area contributed by atoms with Crippen LogP contribution in [0.1, 0.15) is 22.3 Å². The summed E-state index contributed by atoms with van der Waals surface area (Å²) >= 11 is 0. The average molecular weight is 225 g/mol. The van der Waals surface area contributed by atoms with Gasteiger partial charge in [-0.1, -0.05) is 17.7 Å². The first-order valence-corrected chi connectivity index (χ1v) is 6.65. The Kier molecular flexibility index (Phi) is 4.48. The van der Waals surface area contributed by atoms with Crippen molar-refractivity contribution in [2.45, 2.75) is 26.5 Å². The highest BCUT2D eigenvalue weighted by molar-refractivity contribution is 7.84. The minimum atomic E-state index is -0.823. The molecule has 0 saturated carbocycles. The van der Waals surface area contributed by atoms with Gasteiger partial charge in [0.1, 0.15) is 0 Å². The monoisotopic (exact) mass is 225 g/mol. The molecule has 2 N–H and O–H groups in total. The minimum absolute atomic E-state index is 0.497. The van der Waals surface area contributed by atoms with Gasteiger partial charge < -0.3 is 5.73 Å². The Labute approximate surface area is 94.3 Å². The molecule has 1 aromatic carbocycles. The van der Waals surface area contributed by atoms with E-state index >= 15 is 0 Å². The quantitative estimate of drug-likeness (QED) is 0.849. The summed E-state index contributed by atoms with van der Waals surface area (Å²) in [7, 11) is -0.823. The molecule has 1 rings (SSSR count). The molecular formula is C12H19NOS. The van der Waals surface area contributed by atoms with Crippen molar-refractivity contribution in [1.29, 1.82) is 0 Å². The van der Waals surface area contributed by atoms with Crippen LogP contribution in [-0.4, -0.2) is 16.5 Å². The van der Waals surface area contributed by atoms with Crippen molar-refractivity contribution in [2.24, 2.45) is 5.73 Å². The molecule has 2 nitrogen and oxygen atoms in total. The Morgan fingerprint density at radius 2 is 1.73 bits per heavy atom. The number of aryl methyl sites for hydroxylation is 3. The Morgan fingerprint density at radius 1 is 1.20 bits per heavy atom. The fourth-order valence-electron chi connectivity index (χ4n) is 1.80. The van der Waals surface area contributed by atoms with Gasteiger partial charge >= 0.3 is 0 Å². The van der Waals surface area contributed by atoms with Crippen molar-refractivity contribution < 1.29 is 4.21 Å². The first kappa shape index (κ1) is 12.4. The molecule has 0 spiro atoms. The summed E-state index contributed by atoms with van der Waals surface area (Å²) in [5.74, 6) is 1.22. The topological polar surface area (TPSA) is 43.1 Å². The maximum atomic E-state index is 11.6. The zero-order valence-corrected chi connectivity index (χ0v) is 10.5. The van der Waals surface area contributed by atoms with E-state index in [1.54, 1.807) is 0 Å². The molecule has 84 valence electrons. The van der Waals surface area contributed by atoms with Crippen molar-refractivity contribution in [3.05, 3.63) is 34.4 Å². The van der Waals surface area contributed by atoms with Crippen LogP contribution >= 0.6 is 0 Å². The minimum Gasteiger partial charge on any atom is -0.330 e. The molecule has 0 aliphatic carbocycles. The Bertz CT molecular complexity index is 351. The average Bonchev–Trinajstić information content (AvgIpc) is 2.11. The second-order valence-electron chi connectivity index (χ2n) is 3.95.